The number of anilines is 1. The van der Waals surface area contributed by atoms with Gasteiger partial charge >= 0.3 is 0 Å². The van der Waals surface area contributed by atoms with Gasteiger partial charge in [-0.1, -0.05) is 60.1 Å². The number of halogens is 2. The van der Waals surface area contributed by atoms with Crippen LogP contribution < -0.4 is 15.0 Å². The second-order valence-corrected chi connectivity index (χ2v) is 8.97. The Hall–Kier alpha value is -4.42. The van der Waals surface area contributed by atoms with Gasteiger partial charge in [-0.3, -0.25) is 14.5 Å². The van der Waals surface area contributed by atoms with Crippen molar-refractivity contribution in [1.29, 1.82) is 0 Å². The molecule has 5 rings (SSSR count). The van der Waals surface area contributed by atoms with Gasteiger partial charge in [0.1, 0.15) is 5.82 Å². The lowest BCUT2D eigenvalue weighted by molar-refractivity contribution is -0.117. The molecule has 4 aromatic carbocycles. The van der Waals surface area contributed by atoms with Gasteiger partial charge in [0.15, 0.2) is 11.5 Å². The minimum Gasteiger partial charge on any atom is -0.449 e. The van der Waals surface area contributed by atoms with Gasteiger partial charge in [0.05, 0.1) is 12.2 Å². The smallest absolute Gasteiger partial charge is 0.294 e. The van der Waals surface area contributed by atoms with Crippen LogP contribution in [0.25, 0.3) is 6.08 Å². The van der Waals surface area contributed by atoms with Crippen LogP contribution in [0.2, 0.25) is 5.02 Å². The predicted molar refractivity (Wildman–Crippen MR) is 142 cm³/mol. The van der Waals surface area contributed by atoms with Crippen LogP contribution in [0, 0.1) is 5.82 Å². The number of carbonyl (C=O) groups is 2. The Kier molecular flexibility index (Phi) is 7.01. The first kappa shape index (κ1) is 24.3. The average Bonchev–Trinajstić information content (AvgIpc) is 2.91. The molecule has 37 heavy (non-hydrogen) atoms. The van der Waals surface area contributed by atoms with E-state index in [1.807, 2.05) is 24.3 Å². The molecule has 1 N–H and O–H groups in total. The molecule has 1 heterocycles. The maximum Gasteiger partial charge on any atom is 0.294 e. The zero-order chi connectivity index (χ0) is 25.8. The van der Waals surface area contributed by atoms with Crippen LogP contribution in [0.5, 0.6) is 5.75 Å². The van der Waals surface area contributed by atoms with Gasteiger partial charge in [-0.2, -0.15) is 0 Å². The number of para-hydroxylation sites is 2. The third kappa shape index (κ3) is 5.71. The van der Waals surface area contributed by atoms with Crippen LogP contribution in [0.4, 0.5) is 10.1 Å². The minimum atomic E-state index is -0.362. The highest BCUT2D eigenvalue weighted by Crippen LogP contribution is 2.36. The molecule has 0 fully saturated rings. The van der Waals surface area contributed by atoms with Gasteiger partial charge in [0.2, 0.25) is 0 Å². The number of ether oxygens (including phenoxy) is 1. The summed E-state index contributed by atoms with van der Waals surface area (Å²) in [6.45, 7) is 0.575. The summed E-state index contributed by atoms with van der Waals surface area (Å²) < 4.78 is 19.7. The van der Waals surface area contributed by atoms with E-state index in [2.05, 4.69) is 5.32 Å². The fourth-order valence-corrected chi connectivity index (χ4v) is 4.13. The molecule has 0 saturated carbocycles. The number of rotatable bonds is 6. The van der Waals surface area contributed by atoms with Crippen molar-refractivity contribution in [3.8, 4) is 5.75 Å². The van der Waals surface area contributed by atoms with Crippen LogP contribution in [-0.2, 0) is 17.9 Å². The van der Waals surface area contributed by atoms with E-state index in [0.717, 1.165) is 5.56 Å². The molecule has 0 bridgehead atoms. The summed E-state index contributed by atoms with van der Waals surface area (Å²) in [6.07, 6.45) is 1.63. The zero-order valence-corrected chi connectivity index (χ0v) is 20.4. The molecule has 4 aromatic rings. The van der Waals surface area contributed by atoms with Crippen molar-refractivity contribution in [2.24, 2.45) is 0 Å². The summed E-state index contributed by atoms with van der Waals surface area (Å²) >= 11 is 5.90. The van der Waals surface area contributed by atoms with Crippen molar-refractivity contribution in [3.63, 3.8) is 0 Å². The maximum absolute atomic E-state index is 13.7. The van der Waals surface area contributed by atoms with Crippen LogP contribution >= 0.6 is 11.6 Å². The van der Waals surface area contributed by atoms with E-state index in [1.165, 1.54) is 12.1 Å². The fraction of sp³-hybridized carbons (Fsp3) is 0.0667. The molecule has 5 nitrogen and oxygen atoms in total. The molecule has 0 unspecified atom stereocenters. The fourth-order valence-electron chi connectivity index (χ4n) is 4.01. The Morgan fingerprint density at radius 1 is 0.919 bits per heavy atom. The van der Waals surface area contributed by atoms with Gasteiger partial charge in [-0.05, 0) is 71.3 Å². The number of nitrogens with one attached hydrogen (secondary N) is 1. The van der Waals surface area contributed by atoms with Crippen LogP contribution in [-0.4, -0.2) is 11.8 Å². The molecule has 184 valence electrons. The summed E-state index contributed by atoms with van der Waals surface area (Å²) in [5.74, 6) is -0.250. The molecule has 2 amide bonds. The second-order valence-electron chi connectivity index (χ2n) is 8.53. The molecule has 7 heteroatoms. The lowest BCUT2D eigenvalue weighted by atomic mass is 10.1. The largest absolute Gasteiger partial charge is 0.449 e. The molecule has 1 aliphatic rings. The molecule has 0 atom stereocenters. The highest BCUT2D eigenvalue weighted by molar-refractivity contribution is 6.30. The first-order valence-corrected chi connectivity index (χ1v) is 12.0. The van der Waals surface area contributed by atoms with Crippen LogP contribution in [0.3, 0.4) is 0 Å². The quantitative estimate of drug-likeness (QED) is 0.305. The summed E-state index contributed by atoms with van der Waals surface area (Å²) in [7, 11) is 0. The molecule has 0 saturated heterocycles. The SMILES string of the molecule is O=C(NCc1ccc(Cl)cc1)c1ccc(C=C2Oc3ccccc3N(Cc3cccc(F)c3)C2=O)cc1. The van der Waals surface area contributed by atoms with E-state index in [9.17, 15) is 14.0 Å². The molecular weight excluding hydrogens is 491 g/mol. The van der Waals surface area contributed by atoms with Gasteiger partial charge in [-0.25, -0.2) is 4.39 Å². The summed E-state index contributed by atoms with van der Waals surface area (Å²) in [4.78, 5) is 27.5. The first-order chi connectivity index (χ1) is 18.0. The normalized spacial score (nSPS) is 13.7. The van der Waals surface area contributed by atoms with Crippen molar-refractivity contribution in [2.75, 3.05) is 4.90 Å². The summed E-state index contributed by atoms with van der Waals surface area (Å²) in [6, 6.07) is 27.5. The number of hydrogen-bond donors (Lipinski definition) is 1. The summed E-state index contributed by atoms with van der Waals surface area (Å²) in [5.41, 5.74) is 3.41. The Morgan fingerprint density at radius 2 is 1.68 bits per heavy atom. The topological polar surface area (TPSA) is 58.6 Å². The Morgan fingerprint density at radius 3 is 2.43 bits per heavy atom. The van der Waals surface area contributed by atoms with E-state index < -0.39 is 0 Å². The number of benzene rings is 4. The lowest BCUT2D eigenvalue weighted by Crippen LogP contribution is -2.36. The molecule has 0 aliphatic carbocycles. The predicted octanol–water partition coefficient (Wildman–Crippen LogP) is 6.38. The molecule has 0 radical (unpaired) electrons. The second kappa shape index (κ2) is 10.7. The highest BCUT2D eigenvalue weighted by Gasteiger charge is 2.30. The van der Waals surface area contributed by atoms with E-state index >= 15 is 0 Å². The third-order valence-corrected chi connectivity index (χ3v) is 6.15. The number of nitrogens with zero attached hydrogens (tertiary/aromatic N) is 1. The Balaban J connectivity index is 1.33. The zero-order valence-electron chi connectivity index (χ0n) is 19.7. The van der Waals surface area contributed by atoms with Gasteiger partial charge in [-0.15, -0.1) is 0 Å². The van der Waals surface area contributed by atoms with Crippen LogP contribution in [0.1, 0.15) is 27.0 Å². The Labute approximate surface area is 218 Å². The van der Waals surface area contributed by atoms with Crippen LogP contribution in [0.15, 0.2) is 103 Å². The van der Waals surface area contributed by atoms with Crippen molar-refractivity contribution in [3.05, 3.63) is 136 Å². The summed E-state index contributed by atoms with van der Waals surface area (Å²) in [5, 5.41) is 3.52. The molecule has 0 spiro atoms. The monoisotopic (exact) mass is 512 g/mol. The Bertz CT molecular complexity index is 1480. The minimum absolute atomic E-state index is 0.134. The van der Waals surface area contributed by atoms with Crippen molar-refractivity contribution >= 4 is 35.2 Å². The van der Waals surface area contributed by atoms with Gasteiger partial charge < -0.3 is 10.1 Å². The lowest BCUT2D eigenvalue weighted by Gasteiger charge is -2.30. The van der Waals surface area contributed by atoms with E-state index in [1.54, 1.807) is 71.6 Å². The van der Waals surface area contributed by atoms with E-state index in [0.29, 0.717) is 39.7 Å². The average molecular weight is 513 g/mol. The number of hydrogen-bond acceptors (Lipinski definition) is 3. The van der Waals surface area contributed by atoms with Crippen molar-refractivity contribution in [1.82, 2.24) is 5.32 Å². The number of carbonyl (C=O) groups excluding carboxylic acids is 2. The van der Waals surface area contributed by atoms with Gasteiger partial charge in [0.25, 0.3) is 11.8 Å². The number of fused-ring (bicyclic) bond motifs is 1. The number of amides is 2. The molecule has 0 aromatic heterocycles. The van der Waals surface area contributed by atoms with E-state index in [4.69, 9.17) is 16.3 Å². The third-order valence-electron chi connectivity index (χ3n) is 5.90. The first-order valence-electron chi connectivity index (χ1n) is 11.6. The molecule has 1 aliphatic heterocycles. The van der Waals surface area contributed by atoms with Crippen molar-refractivity contribution in [2.45, 2.75) is 13.1 Å². The standard InChI is InChI=1S/C30H22ClFN2O3/c31-24-14-10-21(11-15-24)18-33-29(35)23-12-8-20(9-13-23)17-28-30(36)34(19-22-4-3-5-25(32)16-22)26-6-1-2-7-27(26)37-28/h1-17H,18-19H2,(H,33,35). The molecular formula is C30H22ClFN2O3. The van der Waals surface area contributed by atoms with Gasteiger partial charge in [0, 0.05) is 17.1 Å². The maximum atomic E-state index is 13.7. The highest BCUT2D eigenvalue weighted by atomic mass is 35.5. The van der Waals surface area contributed by atoms with Crippen molar-refractivity contribution < 1.29 is 18.7 Å². The van der Waals surface area contributed by atoms with E-state index in [-0.39, 0.29) is 29.9 Å².